The third kappa shape index (κ3) is 4.55. The van der Waals surface area contributed by atoms with Crippen molar-refractivity contribution >= 4 is 38.7 Å². The minimum atomic E-state index is -0.570. The van der Waals surface area contributed by atoms with Gasteiger partial charge in [0, 0.05) is 6.54 Å². The highest BCUT2D eigenvalue weighted by Gasteiger charge is 2.10. The van der Waals surface area contributed by atoms with Crippen molar-refractivity contribution in [3.05, 3.63) is 45.9 Å². The molecule has 0 aliphatic rings. The number of aromatic hydroxyl groups is 5. The SMILES string of the molecule is C/C(=C/C(=S)NCc1cc(O)c(O)c(O)c1)c1cc(O)c(O)c(Br)c1. The number of thiocarbonyl (C=S) groups is 1. The van der Waals surface area contributed by atoms with Crippen LogP contribution in [0.25, 0.3) is 5.57 Å². The molecule has 0 unspecified atom stereocenters. The Hall–Kier alpha value is -2.45. The Labute approximate surface area is 157 Å². The van der Waals surface area contributed by atoms with Crippen LogP contribution in [0, 0.1) is 0 Å². The molecule has 6 N–H and O–H groups in total. The summed E-state index contributed by atoms with van der Waals surface area (Å²) in [5.41, 5.74) is 1.96. The van der Waals surface area contributed by atoms with E-state index in [4.69, 9.17) is 12.2 Å². The Balaban J connectivity index is 2.10. The number of phenols is 5. The topological polar surface area (TPSA) is 113 Å². The fraction of sp³-hybridized carbons (Fsp3) is 0.118. The fourth-order valence-corrected chi connectivity index (χ4v) is 2.79. The smallest absolute Gasteiger partial charge is 0.200 e. The lowest BCUT2D eigenvalue weighted by Crippen LogP contribution is -2.18. The molecule has 25 heavy (non-hydrogen) atoms. The van der Waals surface area contributed by atoms with Crippen molar-refractivity contribution in [1.82, 2.24) is 5.32 Å². The zero-order valence-electron chi connectivity index (χ0n) is 13.1. The number of allylic oxidation sites excluding steroid dienone is 1. The first-order valence-corrected chi connectivity index (χ1v) is 8.31. The molecule has 0 radical (unpaired) electrons. The fourth-order valence-electron chi connectivity index (χ4n) is 2.10. The van der Waals surface area contributed by atoms with Crippen LogP contribution in [0.2, 0.25) is 0 Å². The summed E-state index contributed by atoms with van der Waals surface area (Å²) in [6.07, 6.45) is 1.67. The molecule has 2 aromatic carbocycles. The number of phenolic OH excluding ortho intramolecular Hbond substituents is 5. The van der Waals surface area contributed by atoms with E-state index in [9.17, 15) is 25.5 Å². The maximum Gasteiger partial charge on any atom is 0.200 e. The summed E-state index contributed by atoms with van der Waals surface area (Å²) in [5.74, 6) is -1.88. The van der Waals surface area contributed by atoms with Crippen molar-refractivity contribution in [2.75, 3.05) is 0 Å². The van der Waals surface area contributed by atoms with Crippen LogP contribution in [0.3, 0.4) is 0 Å². The van der Waals surface area contributed by atoms with Crippen LogP contribution in [0.4, 0.5) is 0 Å². The quantitative estimate of drug-likeness (QED) is 0.252. The molecule has 8 heteroatoms. The number of hydrogen-bond donors (Lipinski definition) is 6. The Morgan fingerprint density at radius 1 is 1.00 bits per heavy atom. The van der Waals surface area contributed by atoms with Crippen LogP contribution < -0.4 is 5.32 Å². The van der Waals surface area contributed by atoms with E-state index in [0.29, 0.717) is 20.6 Å². The van der Waals surface area contributed by atoms with Crippen LogP contribution in [0.1, 0.15) is 18.1 Å². The third-order valence-electron chi connectivity index (χ3n) is 3.44. The molecule has 0 saturated carbocycles. The van der Waals surface area contributed by atoms with Crippen LogP contribution >= 0.6 is 28.1 Å². The van der Waals surface area contributed by atoms with Gasteiger partial charge in [-0.15, -0.1) is 0 Å². The average Bonchev–Trinajstić information content (AvgIpc) is 2.54. The second-order valence-corrected chi connectivity index (χ2v) is 6.65. The van der Waals surface area contributed by atoms with Crippen molar-refractivity contribution in [3.8, 4) is 28.7 Å². The van der Waals surface area contributed by atoms with Gasteiger partial charge in [0.2, 0.25) is 0 Å². The maximum atomic E-state index is 9.67. The lowest BCUT2D eigenvalue weighted by atomic mass is 10.1. The Bertz CT molecular complexity index is 820. The standard InChI is InChI=1S/C17H16BrNO5S/c1-8(10-5-11(18)16(23)14(22)6-10)2-15(25)19-7-9-3-12(20)17(24)13(21)4-9/h2-6,20-24H,7H2,1H3,(H,19,25)/b8-2-. The van der Waals surface area contributed by atoms with E-state index in [1.165, 1.54) is 18.2 Å². The summed E-state index contributed by atoms with van der Waals surface area (Å²) >= 11 is 8.39. The van der Waals surface area contributed by atoms with Gasteiger partial charge in [0.05, 0.1) is 9.46 Å². The highest BCUT2D eigenvalue weighted by molar-refractivity contribution is 9.10. The molecule has 2 aromatic rings. The lowest BCUT2D eigenvalue weighted by molar-refractivity contribution is 0.367. The Morgan fingerprint density at radius 2 is 1.56 bits per heavy atom. The summed E-state index contributed by atoms with van der Waals surface area (Å²) in [6, 6.07) is 5.71. The molecule has 0 spiro atoms. The highest BCUT2D eigenvalue weighted by atomic mass is 79.9. The molecule has 0 bridgehead atoms. The first-order chi connectivity index (χ1) is 11.7. The monoisotopic (exact) mass is 425 g/mol. The van der Waals surface area contributed by atoms with Crippen molar-refractivity contribution in [2.45, 2.75) is 13.5 Å². The van der Waals surface area contributed by atoms with Gasteiger partial charge in [-0.05, 0) is 69.9 Å². The summed E-state index contributed by atoms with van der Waals surface area (Å²) in [6.45, 7) is 2.03. The van der Waals surface area contributed by atoms with Gasteiger partial charge in [-0.3, -0.25) is 0 Å². The molecule has 0 heterocycles. The normalized spacial score (nSPS) is 11.4. The largest absolute Gasteiger partial charge is 0.504 e. The predicted octanol–water partition coefficient (Wildman–Crippen LogP) is 3.50. The highest BCUT2D eigenvalue weighted by Crippen LogP contribution is 2.36. The Kier molecular flexibility index (Phi) is 5.76. The van der Waals surface area contributed by atoms with Crippen molar-refractivity contribution < 1.29 is 25.5 Å². The second-order valence-electron chi connectivity index (χ2n) is 5.35. The zero-order valence-corrected chi connectivity index (χ0v) is 15.5. The number of nitrogens with one attached hydrogen (secondary N) is 1. The summed E-state index contributed by atoms with van der Waals surface area (Å²) in [7, 11) is 0. The number of hydrogen-bond acceptors (Lipinski definition) is 6. The van der Waals surface area contributed by atoms with Gasteiger partial charge in [0.25, 0.3) is 0 Å². The first-order valence-electron chi connectivity index (χ1n) is 7.10. The van der Waals surface area contributed by atoms with Gasteiger partial charge >= 0.3 is 0 Å². The summed E-state index contributed by atoms with van der Waals surface area (Å²) in [5, 5.41) is 50.5. The van der Waals surface area contributed by atoms with E-state index < -0.39 is 17.2 Å². The molecule has 0 saturated heterocycles. The molecule has 0 atom stereocenters. The first kappa shape index (κ1) is 18.9. The average molecular weight is 426 g/mol. The van der Waals surface area contributed by atoms with Gasteiger partial charge in [-0.25, -0.2) is 0 Å². The van der Waals surface area contributed by atoms with Crippen LogP contribution in [0.5, 0.6) is 28.7 Å². The molecule has 6 nitrogen and oxygen atoms in total. The van der Waals surface area contributed by atoms with Crippen molar-refractivity contribution in [3.63, 3.8) is 0 Å². The van der Waals surface area contributed by atoms with E-state index >= 15 is 0 Å². The van der Waals surface area contributed by atoms with E-state index in [1.807, 2.05) is 0 Å². The number of halogens is 1. The van der Waals surface area contributed by atoms with Crippen molar-refractivity contribution in [2.24, 2.45) is 0 Å². The van der Waals surface area contributed by atoms with Crippen LogP contribution in [-0.2, 0) is 6.54 Å². The Morgan fingerprint density at radius 3 is 2.12 bits per heavy atom. The van der Waals surface area contributed by atoms with Crippen molar-refractivity contribution in [1.29, 1.82) is 0 Å². The van der Waals surface area contributed by atoms with Crippen LogP contribution in [0.15, 0.2) is 34.8 Å². The van der Waals surface area contributed by atoms with Crippen LogP contribution in [-0.4, -0.2) is 30.5 Å². The summed E-state index contributed by atoms with van der Waals surface area (Å²) < 4.78 is 0.365. The zero-order chi connectivity index (χ0) is 18.7. The van der Waals surface area contributed by atoms with Gasteiger partial charge in [-0.2, -0.15) is 0 Å². The molecule has 0 amide bonds. The lowest BCUT2D eigenvalue weighted by Gasteiger charge is -2.10. The molecule has 2 rings (SSSR count). The minimum absolute atomic E-state index is 0.231. The van der Waals surface area contributed by atoms with E-state index in [-0.39, 0.29) is 18.0 Å². The molecule has 132 valence electrons. The molecule has 0 aromatic heterocycles. The second kappa shape index (κ2) is 7.62. The van der Waals surface area contributed by atoms with Gasteiger partial charge in [0.15, 0.2) is 28.7 Å². The molecule has 0 aliphatic carbocycles. The maximum absolute atomic E-state index is 9.67. The predicted molar refractivity (Wildman–Crippen MR) is 102 cm³/mol. The third-order valence-corrected chi connectivity index (χ3v) is 4.31. The minimum Gasteiger partial charge on any atom is -0.504 e. The van der Waals surface area contributed by atoms with Gasteiger partial charge in [-0.1, -0.05) is 12.2 Å². The molecule has 0 fully saturated rings. The summed E-state index contributed by atoms with van der Waals surface area (Å²) in [4.78, 5) is 0.397. The number of benzene rings is 2. The molecular weight excluding hydrogens is 410 g/mol. The van der Waals surface area contributed by atoms with Gasteiger partial charge in [0.1, 0.15) is 0 Å². The molecular formula is C17H16BrNO5S. The van der Waals surface area contributed by atoms with E-state index in [2.05, 4.69) is 21.2 Å². The van der Waals surface area contributed by atoms with Gasteiger partial charge < -0.3 is 30.8 Å². The van der Waals surface area contributed by atoms with E-state index in [0.717, 1.165) is 5.57 Å². The van der Waals surface area contributed by atoms with E-state index in [1.54, 1.807) is 19.1 Å². The number of rotatable bonds is 4. The molecule has 0 aliphatic heterocycles.